The Hall–Kier alpha value is -0.510. The molecule has 1 aliphatic rings. The van der Waals surface area contributed by atoms with Crippen molar-refractivity contribution in [2.75, 3.05) is 0 Å². The Balaban J connectivity index is 2.31. The zero-order chi connectivity index (χ0) is 15.8. The monoisotopic (exact) mass is 362 g/mol. The van der Waals surface area contributed by atoms with Gasteiger partial charge in [-0.3, -0.25) is 0 Å². The first-order valence-electron chi connectivity index (χ1n) is 7.44. The summed E-state index contributed by atoms with van der Waals surface area (Å²) in [6.45, 7) is 6.37. The van der Waals surface area contributed by atoms with Crippen molar-refractivity contribution >= 4 is 15.9 Å². The lowest BCUT2D eigenvalue weighted by atomic mass is 9.66. The SMILES string of the molecule is CC1CCC(C(C)(C)c2cccc(C(F)(F)F)c2)C(Br)C1. The molecule has 1 aromatic rings. The molecule has 1 aliphatic carbocycles. The minimum Gasteiger partial charge on any atom is -0.166 e. The van der Waals surface area contributed by atoms with E-state index in [4.69, 9.17) is 0 Å². The number of halogens is 4. The Bertz CT molecular complexity index is 493. The first-order chi connectivity index (χ1) is 9.62. The molecule has 0 aromatic heterocycles. The molecule has 1 aromatic carbocycles. The molecule has 0 bridgehead atoms. The minimum absolute atomic E-state index is 0.268. The normalized spacial score (nSPS) is 27.7. The minimum atomic E-state index is -4.28. The highest BCUT2D eigenvalue weighted by Gasteiger charge is 2.40. The van der Waals surface area contributed by atoms with Gasteiger partial charge in [-0.05, 0) is 41.7 Å². The van der Waals surface area contributed by atoms with Crippen LogP contribution in [-0.2, 0) is 11.6 Å². The summed E-state index contributed by atoms with van der Waals surface area (Å²) in [5, 5.41) is 0. The van der Waals surface area contributed by atoms with E-state index in [9.17, 15) is 13.2 Å². The lowest BCUT2D eigenvalue weighted by Gasteiger charge is -2.42. The third-order valence-corrected chi connectivity index (χ3v) is 5.91. The average Bonchev–Trinajstić information content (AvgIpc) is 2.37. The largest absolute Gasteiger partial charge is 0.416 e. The van der Waals surface area contributed by atoms with Gasteiger partial charge in [-0.2, -0.15) is 13.2 Å². The van der Waals surface area contributed by atoms with Gasteiger partial charge in [0, 0.05) is 4.83 Å². The van der Waals surface area contributed by atoms with E-state index in [2.05, 4.69) is 36.7 Å². The summed E-state index contributed by atoms with van der Waals surface area (Å²) >= 11 is 3.76. The molecular weight excluding hydrogens is 341 g/mol. The van der Waals surface area contributed by atoms with Crippen LogP contribution in [0.3, 0.4) is 0 Å². The Morgan fingerprint density at radius 1 is 1.10 bits per heavy atom. The van der Waals surface area contributed by atoms with Gasteiger partial charge in [-0.1, -0.05) is 61.3 Å². The van der Waals surface area contributed by atoms with Crippen LogP contribution in [-0.4, -0.2) is 4.83 Å². The molecule has 21 heavy (non-hydrogen) atoms. The maximum atomic E-state index is 12.9. The van der Waals surface area contributed by atoms with Crippen LogP contribution >= 0.6 is 15.9 Å². The third-order valence-electron chi connectivity index (χ3n) is 4.90. The van der Waals surface area contributed by atoms with Crippen LogP contribution in [0.25, 0.3) is 0 Å². The molecule has 0 spiro atoms. The number of hydrogen-bond donors (Lipinski definition) is 0. The van der Waals surface area contributed by atoms with Gasteiger partial charge in [0.25, 0.3) is 0 Å². The zero-order valence-corrected chi connectivity index (χ0v) is 14.3. The molecule has 0 heterocycles. The lowest BCUT2D eigenvalue weighted by molar-refractivity contribution is -0.137. The van der Waals surface area contributed by atoms with Gasteiger partial charge in [-0.25, -0.2) is 0 Å². The van der Waals surface area contributed by atoms with Crippen LogP contribution in [0.5, 0.6) is 0 Å². The van der Waals surface area contributed by atoms with E-state index in [1.807, 2.05) is 6.07 Å². The summed E-state index contributed by atoms with van der Waals surface area (Å²) in [7, 11) is 0. The van der Waals surface area contributed by atoms with E-state index in [1.54, 1.807) is 0 Å². The van der Waals surface area contributed by atoms with Gasteiger partial charge in [0.1, 0.15) is 0 Å². The van der Waals surface area contributed by atoms with Crippen molar-refractivity contribution in [2.24, 2.45) is 11.8 Å². The average molecular weight is 363 g/mol. The van der Waals surface area contributed by atoms with Crippen LogP contribution < -0.4 is 0 Å². The van der Waals surface area contributed by atoms with Crippen LogP contribution in [0, 0.1) is 11.8 Å². The highest BCUT2D eigenvalue weighted by molar-refractivity contribution is 9.09. The molecule has 0 aliphatic heterocycles. The molecule has 4 heteroatoms. The Morgan fingerprint density at radius 3 is 2.29 bits per heavy atom. The lowest BCUT2D eigenvalue weighted by Crippen LogP contribution is -2.38. The van der Waals surface area contributed by atoms with Gasteiger partial charge in [0.15, 0.2) is 0 Å². The first-order valence-corrected chi connectivity index (χ1v) is 8.35. The Labute approximate surface area is 133 Å². The maximum absolute atomic E-state index is 12.9. The predicted molar refractivity (Wildman–Crippen MR) is 83.7 cm³/mol. The Kier molecular flexibility index (Phi) is 4.77. The molecule has 0 N–H and O–H groups in total. The van der Waals surface area contributed by atoms with Crippen molar-refractivity contribution in [1.82, 2.24) is 0 Å². The molecule has 0 saturated heterocycles. The number of hydrogen-bond acceptors (Lipinski definition) is 0. The van der Waals surface area contributed by atoms with Crippen LogP contribution in [0.15, 0.2) is 24.3 Å². The van der Waals surface area contributed by atoms with E-state index in [-0.39, 0.29) is 5.41 Å². The van der Waals surface area contributed by atoms with Crippen molar-refractivity contribution < 1.29 is 13.2 Å². The quantitative estimate of drug-likeness (QED) is 0.550. The van der Waals surface area contributed by atoms with Crippen molar-refractivity contribution in [3.8, 4) is 0 Å². The molecule has 0 radical (unpaired) electrons. The third kappa shape index (κ3) is 3.64. The second-order valence-corrected chi connectivity index (χ2v) is 8.02. The van der Waals surface area contributed by atoms with Gasteiger partial charge >= 0.3 is 6.18 Å². The fraction of sp³-hybridized carbons (Fsp3) is 0.647. The number of rotatable bonds is 2. The summed E-state index contributed by atoms with van der Waals surface area (Å²) in [5.41, 5.74) is -0.0417. The summed E-state index contributed by atoms with van der Waals surface area (Å²) < 4.78 is 38.8. The Morgan fingerprint density at radius 2 is 1.71 bits per heavy atom. The molecule has 0 amide bonds. The number of alkyl halides is 4. The molecule has 118 valence electrons. The van der Waals surface area contributed by atoms with Crippen molar-refractivity contribution in [2.45, 2.75) is 56.5 Å². The standard InChI is InChI=1S/C17H22BrF3/c1-11-7-8-14(15(18)9-11)16(2,3)12-5-4-6-13(10-12)17(19,20)21/h4-6,10-11,14-15H,7-9H2,1-3H3. The molecule has 0 nitrogen and oxygen atoms in total. The first kappa shape index (κ1) is 16.9. The van der Waals surface area contributed by atoms with Crippen LogP contribution in [0.1, 0.15) is 51.2 Å². The second-order valence-electron chi connectivity index (χ2n) is 6.84. The van der Waals surface area contributed by atoms with E-state index in [1.165, 1.54) is 12.1 Å². The van der Waals surface area contributed by atoms with Gasteiger partial charge in [0.2, 0.25) is 0 Å². The van der Waals surface area contributed by atoms with Crippen molar-refractivity contribution in [1.29, 1.82) is 0 Å². The van der Waals surface area contributed by atoms with E-state index in [0.29, 0.717) is 16.7 Å². The smallest absolute Gasteiger partial charge is 0.166 e. The number of benzene rings is 1. The summed E-state index contributed by atoms with van der Waals surface area (Å²) in [6, 6.07) is 5.81. The summed E-state index contributed by atoms with van der Waals surface area (Å²) in [5.74, 6) is 1.04. The van der Waals surface area contributed by atoms with Crippen molar-refractivity contribution in [3.63, 3.8) is 0 Å². The highest BCUT2D eigenvalue weighted by atomic mass is 79.9. The fourth-order valence-electron chi connectivity index (χ4n) is 3.43. The maximum Gasteiger partial charge on any atom is 0.416 e. The molecule has 3 atom stereocenters. The highest BCUT2D eigenvalue weighted by Crippen LogP contribution is 2.45. The zero-order valence-electron chi connectivity index (χ0n) is 12.7. The molecule has 3 unspecified atom stereocenters. The molecular formula is C17H22BrF3. The van der Waals surface area contributed by atoms with Crippen LogP contribution in [0.4, 0.5) is 13.2 Å². The predicted octanol–water partition coefficient (Wildman–Crippen LogP) is 6.18. The van der Waals surface area contributed by atoms with Crippen LogP contribution in [0.2, 0.25) is 0 Å². The fourth-order valence-corrected chi connectivity index (χ4v) is 5.00. The summed E-state index contributed by atoms with van der Waals surface area (Å²) in [6.07, 6.45) is -0.983. The molecule has 2 rings (SSSR count). The van der Waals surface area contributed by atoms with Gasteiger partial charge in [0.05, 0.1) is 5.56 Å². The van der Waals surface area contributed by atoms with Crippen molar-refractivity contribution in [3.05, 3.63) is 35.4 Å². The molecule has 1 saturated carbocycles. The summed E-state index contributed by atoms with van der Waals surface area (Å²) in [4.78, 5) is 0.366. The van der Waals surface area contributed by atoms with Gasteiger partial charge in [-0.15, -0.1) is 0 Å². The van der Waals surface area contributed by atoms with E-state index < -0.39 is 11.7 Å². The second kappa shape index (κ2) is 5.94. The van der Waals surface area contributed by atoms with Gasteiger partial charge < -0.3 is 0 Å². The topological polar surface area (TPSA) is 0 Å². The molecule has 1 fully saturated rings. The van der Waals surface area contributed by atoms with E-state index >= 15 is 0 Å². The van der Waals surface area contributed by atoms with E-state index in [0.717, 1.165) is 30.9 Å².